The van der Waals surface area contributed by atoms with E-state index in [1.54, 1.807) is 0 Å². The average molecular weight is 313 g/mol. The van der Waals surface area contributed by atoms with Gasteiger partial charge in [0.2, 0.25) is 5.88 Å². The summed E-state index contributed by atoms with van der Waals surface area (Å²) in [7, 11) is 1.31. The van der Waals surface area contributed by atoms with Gasteiger partial charge in [-0.25, -0.2) is 13.8 Å². The fourth-order valence-electron chi connectivity index (χ4n) is 0.878. The van der Waals surface area contributed by atoms with Crippen LogP contribution in [-0.2, 0) is 0 Å². The number of rotatable bonds is 3. The van der Waals surface area contributed by atoms with Gasteiger partial charge >= 0.3 is 0 Å². The second-order valence-electron chi connectivity index (χ2n) is 2.38. The number of alkyl halides is 2. The Hall–Kier alpha value is -0.790. The van der Waals surface area contributed by atoms with Crippen molar-refractivity contribution in [3.8, 4) is 5.88 Å². The number of aromatic nitrogens is 1. The standard InChI is InChI=1S/C8H6F2INO2/c1-14-8-6(11)4(3-13)2-5(12-8)7(9)10/h2-3,7H,1H3. The Morgan fingerprint density at radius 3 is 2.71 bits per heavy atom. The minimum absolute atomic E-state index is 0.0468. The van der Waals surface area contributed by atoms with Crippen molar-refractivity contribution >= 4 is 28.9 Å². The molecule has 1 heterocycles. The number of carbonyl (C=O) groups excluding carboxylic acids is 1. The molecule has 6 heteroatoms. The maximum atomic E-state index is 12.3. The minimum atomic E-state index is -2.71. The van der Waals surface area contributed by atoms with Crippen molar-refractivity contribution in [3.63, 3.8) is 0 Å². The predicted octanol–water partition coefficient (Wildman–Crippen LogP) is 2.44. The first-order valence-corrected chi connectivity index (χ1v) is 4.65. The molecule has 0 N–H and O–H groups in total. The lowest BCUT2D eigenvalue weighted by atomic mass is 10.2. The number of pyridine rings is 1. The fraction of sp³-hybridized carbons (Fsp3) is 0.250. The van der Waals surface area contributed by atoms with Crippen molar-refractivity contribution < 1.29 is 18.3 Å². The summed E-state index contributed by atoms with van der Waals surface area (Å²) in [5.74, 6) is 0.0468. The molecule has 0 aliphatic heterocycles. The van der Waals surface area contributed by atoms with Crippen LogP contribution in [0.25, 0.3) is 0 Å². The van der Waals surface area contributed by atoms with E-state index in [1.165, 1.54) is 7.11 Å². The van der Waals surface area contributed by atoms with Crippen LogP contribution in [0.5, 0.6) is 5.88 Å². The zero-order valence-electron chi connectivity index (χ0n) is 7.13. The number of ether oxygens (including phenoxy) is 1. The van der Waals surface area contributed by atoms with Gasteiger partial charge in [0.15, 0.2) is 6.29 Å². The normalized spacial score (nSPS) is 10.4. The molecule has 0 aromatic carbocycles. The van der Waals surface area contributed by atoms with Gasteiger partial charge in [0.25, 0.3) is 6.43 Å². The number of hydrogen-bond donors (Lipinski definition) is 0. The van der Waals surface area contributed by atoms with E-state index in [1.807, 2.05) is 22.6 Å². The molecule has 1 aromatic heterocycles. The highest BCUT2D eigenvalue weighted by molar-refractivity contribution is 14.1. The third-order valence-electron chi connectivity index (χ3n) is 1.52. The molecule has 0 unspecified atom stereocenters. The van der Waals surface area contributed by atoms with Crippen LogP contribution in [-0.4, -0.2) is 18.4 Å². The molecule has 3 nitrogen and oxygen atoms in total. The highest BCUT2D eigenvalue weighted by Gasteiger charge is 2.16. The molecule has 0 saturated carbocycles. The van der Waals surface area contributed by atoms with E-state index in [0.29, 0.717) is 9.86 Å². The molecule has 14 heavy (non-hydrogen) atoms. The van der Waals surface area contributed by atoms with Crippen molar-refractivity contribution in [1.82, 2.24) is 4.98 Å². The van der Waals surface area contributed by atoms with Crippen LogP contribution < -0.4 is 4.74 Å². The summed E-state index contributed by atoms with van der Waals surface area (Å²) in [6.07, 6.45) is -2.21. The van der Waals surface area contributed by atoms with Gasteiger partial charge in [-0.15, -0.1) is 0 Å². The van der Waals surface area contributed by atoms with Crippen LogP contribution in [0, 0.1) is 3.57 Å². The molecule has 0 aliphatic carbocycles. The van der Waals surface area contributed by atoms with Crippen LogP contribution in [0.4, 0.5) is 8.78 Å². The first kappa shape index (κ1) is 11.3. The second-order valence-corrected chi connectivity index (χ2v) is 3.46. The first-order valence-electron chi connectivity index (χ1n) is 3.58. The van der Waals surface area contributed by atoms with Crippen LogP contribution in [0.2, 0.25) is 0 Å². The van der Waals surface area contributed by atoms with Crippen molar-refractivity contribution in [2.24, 2.45) is 0 Å². The largest absolute Gasteiger partial charge is 0.480 e. The van der Waals surface area contributed by atoms with Gasteiger partial charge < -0.3 is 4.74 Å². The van der Waals surface area contributed by atoms with Crippen LogP contribution in [0.15, 0.2) is 6.07 Å². The maximum absolute atomic E-state index is 12.3. The van der Waals surface area contributed by atoms with Crippen LogP contribution in [0.3, 0.4) is 0 Å². The Morgan fingerprint density at radius 1 is 1.64 bits per heavy atom. The van der Waals surface area contributed by atoms with Gasteiger partial charge in [0, 0.05) is 5.56 Å². The summed E-state index contributed by atoms with van der Waals surface area (Å²) >= 11 is 1.82. The van der Waals surface area contributed by atoms with E-state index in [4.69, 9.17) is 4.74 Å². The zero-order valence-corrected chi connectivity index (χ0v) is 9.29. The third kappa shape index (κ3) is 2.17. The SMILES string of the molecule is COc1nc(C(F)F)cc(C=O)c1I. The lowest BCUT2D eigenvalue weighted by Crippen LogP contribution is -2.00. The van der Waals surface area contributed by atoms with Crippen molar-refractivity contribution in [2.45, 2.75) is 6.43 Å². The van der Waals surface area contributed by atoms with Gasteiger partial charge in [-0.2, -0.15) is 0 Å². The monoisotopic (exact) mass is 313 g/mol. The Bertz CT molecular complexity index is 357. The Labute approximate surface area is 92.6 Å². The van der Waals surface area contributed by atoms with Crippen LogP contribution >= 0.6 is 22.6 Å². The summed E-state index contributed by atoms with van der Waals surface area (Å²) in [5, 5.41) is 0. The van der Waals surface area contributed by atoms with Gasteiger partial charge in [0.05, 0.1) is 10.7 Å². The molecule has 0 bridgehead atoms. The fourth-order valence-corrected chi connectivity index (χ4v) is 1.50. The van der Waals surface area contributed by atoms with E-state index in [9.17, 15) is 13.6 Å². The molecule has 0 amide bonds. The van der Waals surface area contributed by atoms with Gasteiger partial charge in [-0.05, 0) is 28.7 Å². The van der Waals surface area contributed by atoms with Crippen molar-refractivity contribution in [1.29, 1.82) is 0 Å². The number of halogens is 3. The molecule has 0 spiro atoms. The molecule has 1 rings (SSSR count). The molecule has 0 radical (unpaired) electrons. The number of carbonyl (C=O) groups is 1. The number of methoxy groups -OCH3 is 1. The molecule has 0 fully saturated rings. The van der Waals surface area contributed by atoms with E-state index >= 15 is 0 Å². The van der Waals surface area contributed by atoms with Crippen LogP contribution in [0.1, 0.15) is 22.5 Å². The zero-order chi connectivity index (χ0) is 10.7. The van der Waals surface area contributed by atoms with Gasteiger partial charge in [0.1, 0.15) is 5.69 Å². The molecular weight excluding hydrogens is 307 g/mol. The predicted molar refractivity (Wildman–Crippen MR) is 53.9 cm³/mol. The summed E-state index contributed by atoms with van der Waals surface area (Å²) in [5.41, 5.74) is -0.294. The Balaban J connectivity index is 3.31. The van der Waals surface area contributed by atoms with Crippen molar-refractivity contribution in [3.05, 3.63) is 20.9 Å². The summed E-state index contributed by atoms with van der Waals surface area (Å²) < 4.78 is 29.8. The number of aldehydes is 1. The highest BCUT2D eigenvalue weighted by atomic mass is 127. The Morgan fingerprint density at radius 2 is 2.29 bits per heavy atom. The third-order valence-corrected chi connectivity index (χ3v) is 2.60. The molecule has 0 atom stereocenters. The number of hydrogen-bond acceptors (Lipinski definition) is 3. The number of nitrogens with zero attached hydrogens (tertiary/aromatic N) is 1. The maximum Gasteiger partial charge on any atom is 0.280 e. The van der Waals surface area contributed by atoms with Gasteiger partial charge in [-0.3, -0.25) is 4.79 Å². The minimum Gasteiger partial charge on any atom is -0.480 e. The molecule has 0 aliphatic rings. The summed E-state index contributed by atoms with van der Waals surface area (Å²) in [6.45, 7) is 0. The van der Waals surface area contributed by atoms with E-state index in [2.05, 4.69) is 4.98 Å². The van der Waals surface area contributed by atoms with Crippen molar-refractivity contribution in [2.75, 3.05) is 7.11 Å². The highest BCUT2D eigenvalue weighted by Crippen LogP contribution is 2.26. The van der Waals surface area contributed by atoms with E-state index in [-0.39, 0.29) is 11.4 Å². The lowest BCUT2D eigenvalue weighted by Gasteiger charge is -2.07. The molecule has 1 aromatic rings. The topological polar surface area (TPSA) is 39.2 Å². The molecule has 76 valence electrons. The Kier molecular flexibility index (Phi) is 3.73. The average Bonchev–Trinajstić information content (AvgIpc) is 2.17. The van der Waals surface area contributed by atoms with E-state index in [0.717, 1.165) is 6.07 Å². The molecule has 0 saturated heterocycles. The first-order chi connectivity index (χ1) is 6.60. The second kappa shape index (κ2) is 4.63. The quantitative estimate of drug-likeness (QED) is 0.635. The summed E-state index contributed by atoms with van der Waals surface area (Å²) in [4.78, 5) is 14.1. The van der Waals surface area contributed by atoms with E-state index < -0.39 is 12.1 Å². The summed E-state index contributed by atoms with van der Waals surface area (Å²) in [6, 6.07) is 1.06. The lowest BCUT2D eigenvalue weighted by molar-refractivity contribution is 0.112. The van der Waals surface area contributed by atoms with Gasteiger partial charge in [-0.1, -0.05) is 0 Å². The molecular formula is C8H6F2INO2. The smallest absolute Gasteiger partial charge is 0.280 e.